The van der Waals surface area contributed by atoms with Crippen molar-refractivity contribution in [3.05, 3.63) is 48.0 Å². The van der Waals surface area contributed by atoms with Crippen LogP contribution in [-0.4, -0.2) is 253 Å². The van der Waals surface area contributed by atoms with Gasteiger partial charge in [-0.25, -0.2) is 0 Å². The molecule has 6 rings (SSSR count). The van der Waals surface area contributed by atoms with Crippen LogP contribution < -0.4 is 106 Å². The van der Waals surface area contributed by atoms with E-state index in [9.17, 15) is 0 Å². The average Bonchev–Trinajstić information content (AvgIpc) is 0.817. The monoisotopic (exact) mass is 1790 g/mol. The Hall–Kier alpha value is 2.30. The molecule has 4 aliphatic rings. The molecule has 2 aromatic rings. The van der Waals surface area contributed by atoms with Crippen LogP contribution in [0, 0.1) is 0 Å². The van der Waals surface area contributed by atoms with Gasteiger partial charge in [0.15, 0.2) is 0 Å². The van der Waals surface area contributed by atoms with Crippen molar-refractivity contribution in [1.29, 1.82) is 0 Å². The molecule has 2 unspecified atom stereocenters. The SMILES string of the molecule is CCCCCCCCCCCCCCCCCCC1CNCCNCCNCCNCCN1.C[C@@H]1CNCCNCCNCCN[C@@H](C)CN1.C[C@@H]1CNCCNCCN[C@@H](C)CNCCN1.[Cl][Mn][Cl].[Cl][Mn][Cl].[Cl][Mn][Cl].[Cl][Mn][Cl].c1ccc2c(C3CNCCNCCNCCNCCN3)cccc2c1. The van der Waals surface area contributed by atoms with E-state index in [1.54, 1.807) is 0 Å². The number of unbranched alkanes of at least 4 members (excludes halogenated alkanes) is 15. The molecule has 0 bridgehead atoms. The van der Waals surface area contributed by atoms with E-state index in [4.69, 9.17) is 80.8 Å². The van der Waals surface area contributed by atoms with Crippen LogP contribution in [0.25, 0.3) is 10.8 Å². The summed E-state index contributed by atoms with van der Waals surface area (Å²) in [4.78, 5) is 0. The Bertz CT molecular complexity index is 1870. The summed E-state index contributed by atoms with van der Waals surface area (Å²) in [7, 11) is 38.4. The van der Waals surface area contributed by atoms with Crippen molar-refractivity contribution in [3.8, 4) is 0 Å². The number of nitrogens with one attached hydrogen (secondary N) is 20. The van der Waals surface area contributed by atoms with Gasteiger partial charge in [0.1, 0.15) is 0 Å². The first-order chi connectivity index (χ1) is 51.1. The van der Waals surface area contributed by atoms with Crippen molar-refractivity contribution >= 4 is 91.6 Å². The number of hydrogen-bond acceptors (Lipinski definition) is 20. The third kappa shape index (κ3) is 80.9. The summed E-state index contributed by atoms with van der Waals surface area (Å²) in [6, 6.07) is 18.3. The summed E-state index contributed by atoms with van der Waals surface area (Å²) < 4.78 is 0. The molecule has 0 aliphatic carbocycles. The van der Waals surface area contributed by atoms with E-state index in [1.165, 1.54) is 125 Å². The Morgan fingerprint density at radius 2 is 0.538 bits per heavy atom. The maximum Gasteiger partial charge on any atom is 0.0453 e. The molecule has 32 heteroatoms. The fourth-order valence-corrected chi connectivity index (χ4v) is 11.8. The van der Waals surface area contributed by atoms with Gasteiger partial charge in [-0.2, -0.15) is 0 Å². The molecule has 0 spiro atoms. The summed E-state index contributed by atoms with van der Waals surface area (Å²) >= 11 is 0.0278. The number of fused-ring (bicyclic) bond motifs is 1. The standard InChI is InChI=1S/C28H61N5.C20H31N5.2C12H29N5.8ClH.4Mn/c1-2-3-4-5-6-7-8-9-10-11-12-13-14-15-16-17-18-28-27-32-24-23-30-20-19-29-21-22-31-25-26-33-28;1-2-6-18-17(4-1)5-3-7-19(18)20-16-24-13-12-22-9-8-21-10-11-23-14-15-25-20;1-11-9-14-4-3-13-5-7-16-12(2)10-15-6-8-17-11;1-11-9-15-6-5-13-3-4-14-7-8-16-12(2)10-17-11;;;;;;;;;;;;/h28-33H,2-27H2,1H3;1-7,20-25H,8-16H2;2*11-17H,3-10H2,1-2H3;8*1H;;;;/q;;;;;;;;;;;;4*+2/p-8/t;;2*11-,12+;;;;;;;;;;;;/m..11............/s1. The van der Waals surface area contributed by atoms with E-state index in [2.05, 4.69) is 183 Å². The number of hydrogen-bond donors (Lipinski definition) is 20. The van der Waals surface area contributed by atoms with Crippen LogP contribution in [0.5, 0.6) is 0 Å². The first-order valence-corrected chi connectivity index (χ1v) is 52.4. The minimum absolute atomic E-state index is 0.00694. The molecule has 0 radical (unpaired) electrons. The molecule has 4 fully saturated rings. The van der Waals surface area contributed by atoms with E-state index < -0.39 is 0 Å². The van der Waals surface area contributed by atoms with Gasteiger partial charge in [0.05, 0.1) is 0 Å². The minimum Gasteiger partial charge on any atom is -0.314 e. The molecule has 4 saturated heterocycles. The van der Waals surface area contributed by atoms with Crippen LogP contribution in [0.15, 0.2) is 42.5 Å². The molecule has 4 aliphatic heterocycles. The van der Waals surface area contributed by atoms with Crippen molar-refractivity contribution in [2.75, 3.05) is 223 Å². The van der Waals surface area contributed by atoms with Crippen LogP contribution in [0.2, 0.25) is 0 Å². The van der Waals surface area contributed by atoms with Gasteiger partial charge in [0.25, 0.3) is 0 Å². The van der Waals surface area contributed by atoms with Crippen LogP contribution >= 0.6 is 80.8 Å². The van der Waals surface area contributed by atoms with E-state index >= 15 is 0 Å². The molecule has 4 heterocycles. The smallest absolute Gasteiger partial charge is 0.0453 e. The Kier molecular flexibility index (Phi) is 96.3. The molecule has 20 N–H and O–H groups in total. The summed E-state index contributed by atoms with van der Waals surface area (Å²) in [6.45, 7) is 46.4. The van der Waals surface area contributed by atoms with Gasteiger partial charge in [0.2, 0.25) is 0 Å². The Labute approximate surface area is 694 Å². The largest absolute Gasteiger partial charge is 0.314 e. The third-order valence-electron chi connectivity index (χ3n) is 17.6. The Morgan fingerprint density at radius 3 is 0.923 bits per heavy atom. The van der Waals surface area contributed by atoms with Gasteiger partial charge < -0.3 is 106 Å². The second kappa shape index (κ2) is 92.5. The number of rotatable bonds is 18. The Morgan fingerprint density at radius 1 is 0.269 bits per heavy atom. The maximum atomic E-state index is 4.80. The van der Waals surface area contributed by atoms with Crippen molar-refractivity contribution < 1.29 is 52.5 Å². The fraction of sp³-hybridized carbons (Fsp3) is 0.861. The second-order valence-electron chi connectivity index (χ2n) is 26.7. The van der Waals surface area contributed by atoms with Crippen LogP contribution in [0.4, 0.5) is 0 Å². The summed E-state index contributed by atoms with van der Waals surface area (Å²) in [6.07, 6.45) is 24.4. The molecule has 0 amide bonds. The molecular weight excluding hydrogens is 1650 g/mol. The molecule has 0 aromatic heterocycles. The van der Waals surface area contributed by atoms with E-state index in [1.807, 2.05) is 0 Å². The van der Waals surface area contributed by atoms with Crippen LogP contribution in [-0.2, 0) is 52.5 Å². The molecule has 622 valence electrons. The van der Waals surface area contributed by atoms with Crippen molar-refractivity contribution in [1.82, 2.24) is 106 Å². The minimum atomic E-state index is 0.00694. The first-order valence-electron chi connectivity index (χ1n) is 39.4. The predicted molar refractivity (Wildman–Crippen MR) is 448 cm³/mol. The van der Waals surface area contributed by atoms with Crippen molar-refractivity contribution in [2.45, 2.75) is 180 Å². The Balaban J connectivity index is 0. The molecule has 0 saturated carbocycles. The zero-order valence-electron chi connectivity index (χ0n) is 64.6. The molecule has 20 nitrogen and oxygen atoms in total. The van der Waals surface area contributed by atoms with E-state index in [0.29, 0.717) is 36.3 Å². The van der Waals surface area contributed by atoms with Gasteiger partial charge >= 0.3 is 133 Å². The maximum absolute atomic E-state index is 4.80. The second-order valence-corrected chi connectivity index (χ2v) is 34.5. The number of benzene rings is 2. The zero-order valence-corrected chi connectivity index (χ0v) is 75.4. The van der Waals surface area contributed by atoms with Gasteiger partial charge in [-0.15, -0.1) is 0 Å². The van der Waals surface area contributed by atoms with Gasteiger partial charge in [0, 0.05) is 259 Å². The van der Waals surface area contributed by atoms with Crippen LogP contribution in [0.1, 0.15) is 155 Å². The van der Waals surface area contributed by atoms with E-state index in [-0.39, 0.29) is 52.5 Å². The predicted octanol–water partition coefficient (Wildman–Crippen LogP) is 8.77. The normalized spacial score (nSPS) is 22.5. The summed E-state index contributed by atoms with van der Waals surface area (Å²) in [5.41, 5.74) is 1.38. The molecular formula is C72H150Cl8Mn4N20. The first kappa shape index (κ1) is 108. The van der Waals surface area contributed by atoms with Crippen molar-refractivity contribution in [3.63, 3.8) is 0 Å². The summed E-state index contributed by atoms with van der Waals surface area (Å²) in [5, 5.41) is 73.0. The van der Waals surface area contributed by atoms with Crippen LogP contribution in [0.3, 0.4) is 0 Å². The number of halogens is 8. The fourth-order valence-electron chi connectivity index (χ4n) is 11.8. The zero-order chi connectivity index (χ0) is 76.2. The molecule has 104 heavy (non-hydrogen) atoms. The quantitative estimate of drug-likeness (QED) is 0.0493. The third-order valence-corrected chi connectivity index (χ3v) is 17.6. The van der Waals surface area contributed by atoms with Gasteiger partial charge in [-0.1, -0.05) is 152 Å². The van der Waals surface area contributed by atoms with E-state index in [0.717, 1.165) is 223 Å². The average molecular weight is 1800 g/mol. The van der Waals surface area contributed by atoms with Crippen molar-refractivity contribution in [2.24, 2.45) is 0 Å². The molecule has 2 aromatic carbocycles. The van der Waals surface area contributed by atoms with Gasteiger partial charge in [-0.05, 0) is 50.5 Å². The van der Waals surface area contributed by atoms with Gasteiger partial charge in [-0.3, -0.25) is 0 Å². The topological polar surface area (TPSA) is 241 Å². The molecule has 6 atom stereocenters. The summed E-state index contributed by atoms with van der Waals surface area (Å²) in [5.74, 6) is 0.